The Morgan fingerprint density at radius 2 is 1.94 bits per heavy atom. The fraction of sp³-hybridized carbons (Fsp3) is 0.333. The van der Waals surface area contributed by atoms with Crippen LogP contribution in [0.15, 0.2) is 65.6 Å². The van der Waals surface area contributed by atoms with Crippen molar-refractivity contribution in [2.75, 3.05) is 13.7 Å². The van der Waals surface area contributed by atoms with Gasteiger partial charge >= 0.3 is 5.97 Å². The number of amides is 1. The number of ether oxygens (including phenoxy) is 2. The minimum Gasteiger partial charge on any atom is -0.497 e. The predicted molar refractivity (Wildman–Crippen MR) is 119 cm³/mol. The summed E-state index contributed by atoms with van der Waals surface area (Å²) in [5.41, 5.74) is 0.965. The molecular formula is C24H25F2NO4S. The molecule has 32 heavy (non-hydrogen) atoms. The van der Waals surface area contributed by atoms with Gasteiger partial charge in [-0.2, -0.15) is 8.78 Å². The highest BCUT2D eigenvalue weighted by atomic mass is 32.2. The molecule has 1 N–H and O–H groups in total. The molecular weight excluding hydrogens is 436 g/mol. The van der Waals surface area contributed by atoms with Crippen LogP contribution in [-0.2, 0) is 9.53 Å². The first kappa shape index (κ1) is 23.8. The van der Waals surface area contributed by atoms with Crippen molar-refractivity contribution in [2.24, 2.45) is 5.92 Å². The van der Waals surface area contributed by atoms with Crippen molar-refractivity contribution in [1.29, 1.82) is 0 Å². The maximum atomic E-state index is 12.8. The molecule has 0 fully saturated rings. The third-order valence-corrected chi connectivity index (χ3v) is 5.99. The normalized spacial score (nSPS) is 18.4. The van der Waals surface area contributed by atoms with Crippen LogP contribution in [0.25, 0.3) is 0 Å². The summed E-state index contributed by atoms with van der Waals surface area (Å²) in [6.07, 6.45) is 4.21. The number of carbonyl (C=O) groups is 2. The van der Waals surface area contributed by atoms with Gasteiger partial charge in [-0.3, -0.25) is 9.59 Å². The van der Waals surface area contributed by atoms with Gasteiger partial charge in [0.05, 0.1) is 25.2 Å². The van der Waals surface area contributed by atoms with Gasteiger partial charge in [0, 0.05) is 10.9 Å². The lowest BCUT2D eigenvalue weighted by Crippen LogP contribution is -2.34. The molecule has 1 aliphatic carbocycles. The monoisotopic (exact) mass is 461 g/mol. The quantitative estimate of drug-likeness (QED) is 0.322. The smallest absolute Gasteiger partial charge is 0.314 e. The van der Waals surface area contributed by atoms with Crippen molar-refractivity contribution in [2.45, 2.75) is 36.0 Å². The third-order valence-electron chi connectivity index (χ3n) is 5.20. The van der Waals surface area contributed by atoms with Gasteiger partial charge in [0.25, 0.3) is 11.7 Å². The SMILES string of the molecule is CCOC(=O)C(c1cccc(OC)c1)C1C=CC(NC(=O)c2ccccc2SC(F)F)C1. The summed E-state index contributed by atoms with van der Waals surface area (Å²) in [5.74, 6) is -3.51. The molecule has 3 unspecified atom stereocenters. The van der Waals surface area contributed by atoms with Gasteiger partial charge in [-0.25, -0.2) is 0 Å². The largest absolute Gasteiger partial charge is 0.497 e. The van der Waals surface area contributed by atoms with Gasteiger partial charge in [-0.05, 0) is 49.1 Å². The van der Waals surface area contributed by atoms with Gasteiger partial charge in [0.15, 0.2) is 0 Å². The molecule has 3 rings (SSSR count). The number of esters is 1. The zero-order valence-corrected chi connectivity index (χ0v) is 18.6. The molecule has 0 radical (unpaired) electrons. The highest BCUT2D eigenvalue weighted by molar-refractivity contribution is 7.99. The van der Waals surface area contributed by atoms with Crippen LogP contribution in [0.1, 0.15) is 35.2 Å². The summed E-state index contributed by atoms with van der Waals surface area (Å²) in [5, 5.41) is 2.88. The summed E-state index contributed by atoms with van der Waals surface area (Å²) < 4.78 is 36.3. The number of nitrogens with one attached hydrogen (secondary N) is 1. The first-order chi connectivity index (χ1) is 15.4. The lowest BCUT2D eigenvalue weighted by molar-refractivity contribution is -0.146. The fourth-order valence-electron chi connectivity index (χ4n) is 3.81. The Balaban J connectivity index is 1.74. The van der Waals surface area contributed by atoms with Crippen LogP contribution < -0.4 is 10.1 Å². The average Bonchev–Trinajstić information content (AvgIpc) is 3.22. The molecule has 5 nitrogen and oxygen atoms in total. The van der Waals surface area contributed by atoms with E-state index >= 15 is 0 Å². The Hall–Kier alpha value is -2.87. The Morgan fingerprint density at radius 1 is 1.16 bits per heavy atom. The molecule has 0 heterocycles. The second-order valence-electron chi connectivity index (χ2n) is 7.25. The van der Waals surface area contributed by atoms with E-state index in [0.29, 0.717) is 23.9 Å². The van der Waals surface area contributed by atoms with Crippen molar-refractivity contribution < 1.29 is 27.8 Å². The average molecular weight is 462 g/mol. The molecule has 0 aromatic heterocycles. The van der Waals surface area contributed by atoms with Crippen LogP contribution in [-0.4, -0.2) is 37.4 Å². The molecule has 0 saturated carbocycles. The first-order valence-electron chi connectivity index (χ1n) is 10.3. The summed E-state index contributed by atoms with van der Waals surface area (Å²) in [7, 11) is 1.56. The summed E-state index contributed by atoms with van der Waals surface area (Å²) >= 11 is 0.342. The Bertz CT molecular complexity index is 982. The van der Waals surface area contributed by atoms with E-state index < -0.39 is 17.6 Å². The number of hydrogen-bond acceptors (Lipinski definition) is 5. The number of halogens is 2. The molecule has 2 aromatic carbocycles. The third kappa shape index (κ3) is 5.88. The van der Waals surface area contributed by atoms with Crippen LogP contribution in [0, 0.1) is 5.92 Å². The zero-order valence-electron chi connectivity index (χ0n) is 17.8. The lowest BCUT2D eigenvalue weighted by atomic mass is 9.85. The second kappa shape index (κ2) is 11.1. The van der Waals surface area contributed by atoms with E-state index in [9.17, 15) is 18.4 Å². The number of rotatable bonds is 9. The van der Waals surface area contributed by atoms with Crippen LogP contribution in [0.5, 0.6) is 5.75 Å². The summed E-state index contributed by atoms with van der Waals surface area (Å²) in [6.45, 7) is 2.01. The number of benzene rings is 2. The minimum atomic E-state index is -2.62. The highest BCUT2D eigenvalue weighted by Crippen LogP contribution is 2.36. The van der Waals surface area contributed by atoms with Gasteiger partial charge in [-0.1, -0.05) is 48.2 Å². The number of carbonyl (C=O) groups excluding carboxylic acids is 2. The van der Waals surface area contributed by atoms with Crippen LogP contribution in [0.2, 0.25) is 0 Å². The number of allylic oxidation sites excluding steroid dienone is 1. The molecule has 1 amide bonds. The van der Waals surface area contributed by atoms with E-state index in [-0.39, 0.29) is 35.0 Å². The van der Waals surface area contributed by atoms with E-state index in [2.05, 4.69) is 5.32 Å². The number of thioether (sulfide) groups is 1. The maximum Gasteiger partial charge on any atom is 0.314 e. The van der Waals surface area contributed by atoms with Crippen molar-refractivity contribution in [1.82, 2.24) is 5.32 Å². The Morgan fingerprint density at radius 3 is 2.66 bits per heavy atom. The van der Waals surface area contributed by atoms with Crippen molar-refractivity contribution in [3.8, 4) is 5.75 Å². The molecule has 8 heteroatoms. The van der Waals surface area contributed by atoms with Gasteiger partial charge < -0.3 is 14.8 Å². The molecule has 0 aliphatic heterocycles. The highest BCUT2D eigenvalue weighted by Gasteiger charge is 2.34. The molecule has 0 spiro atoms. The number of hydrogen-bond donors (Lipinski definition) is 1. The van der Waals surface area contributed by atoms with Crippen molar-refractivity contribution in [3.05, 3.63) is 71.8 Å². The fourth-order valence-corrected chi connectivity index (χ4v) is 4.44. The molecule has 3 atom stereocenters. The van der Waals surface area contributed by atoms with Crippen molar-refractivity contribution >= 4 is 23.6 Å². The second-order valence-corrected chi connectivity index (χ2v) is 8.28. The molecule has 2 aromatic rings. The van der Waals surface area contributed by atoms with E-state index in [4.69, 9.17) is 9.47 Å². The van der Waals surface area contributed by atoms with Gasteiger partial charge in [0.1, 0.15) is 5.75 Å². The van der Waals surface area contributed by atoms with Crippen LogP contribution in [0.4, 0.5) is 8.78 Å². The molecule has 1 aliphatic rings. The van der Waals surface area contributed by atoms with Gasteiger partial charge in [0.2, 0.25) is 0 Å². The van der Waals surface area contributed by atoms with E-state index in [1.165, 1.54) is 12.1 Å². The lowest BCUT2D eigenvalue weighted by Gasteiger charge is -2.23. The Labute approximate surface area is 190 Å². The number of alkyl halides is 2. The molecule has 170 valence electrons. The summed E-state index contributed by atoms with van der Waals surface area (Å²) in [4.78, 5) is 25.7. The zero-order chi connectivity index (χ0) is 23.1. The molecule has 0 saturated heterocycles. The van der Waals surface area contributed by atoms with Crippen molar-refractivity contribution in [3.63, 3.8) is 0 Å². The van der Waals surface area contributed by atoms with E-state index in [1.54, 1.807) is 38.3 Å². The van der Waals surface area contributed by atoms with E-state index in [0.717, 1.165) is 5.56 Å². The first-order valence-corrected chi connectivity index (χ1v) is 11.1. The molecule has 0 bridgehead atoms. The standard InChI is InChI=1S/C24H25F2NO4S/c1-3-31-23(29)21(15-7-6-8-18(14-15)30-2)16-11-12-17(13-16)27-22(28)19-9-4-5-10-20(19)32-24(25)26/h4-12,14,16-17,21,24H,3,13H2,1-2H3,(H,27,28). The topological polar surface area (TPSA) is 64.6 Å². The maximum absolute atomic E-state index is 12.8. The van der Waals surface area contributed by atoms with Crippen LogP contribution in [0.3, 0.4) is 0 Å². The number of methoxy groups -OCH3 is 1. The minimum absolute atomic E-state index is 0.197. The Kier molecular flexibility index (Phi) is 8.27. The summed E-state index contributed by atoms with van der Waals surface area (Å²) in [6, 6.07) is 13.2. The van der Waals surface area contributed by atoms with E-state index in [1.807, 2.05) is 24.3 Å². The van der Waals surface area contributed by atoms with Gasteiger partial charge in [-0.15, -0.1) is 0 Å². The van der Waals surface area contributed by atoms with Crippen LogP contribution >= 0.6 is 11.8 Å². The predicted octanol–water partition coefficient (Wildman–Crippen LogP) is 5.03.